The molecule has 2 aliphatic heterocycles. The zero-order valence-corrected chi connectivity index (χ0v) is 13.9. The van der Waals surface area contributed by atoms with Crippen LogP contribution in [0.5, 0.6) is 0 Å². The van der Waals surface area contributed by atoms with E-state index in [0.717, 1.165) is 51.8 Å². The van der Waals surface area contributed by atoms with Crippen LogP contribution in [0.3, 0.4) is 0 Å². The SMILES string of the molecule is O=C(C1CC(F)C1)N1Cc2nccn2C[C@H](CN2CCOCC2)C1. The van der Waals surface area contributed by atoms with E-state index in [-0.39, 0.29) is 11.8 Å². The summed E-state index contributed by atoms with van der Waals surface area (Å²) >= 11 is 0. The first kappa shape index (κ1) is 16.0. The van der Waals surface area contributed by atoms with Crippen LogP contribution < -0.4 is 0 Å². The molecule has 2 fully saturated rings. The lowest BCUT2D eigenvalue weighted by atomic mass is 9.82. The number of carbonyl (C=O) groups excluding carboxylic acids is 1. The van der Waals surface area contributed by atoms with Crippen LogP contribution in [-0.2, 0) is 22.6 Å². The van der Waals surface area contributed by atoms with E-state index >= 15 is 0 Å². The summed E-state index contributed by atoms with van der Waals surface area (Å²) in [6, 6.07) is 0. The van der Waals surface area contributed by atoms with Gasteiger partial charge in [0, 0.05) is 57.0 Å². The highest BCUT2D eigenvalue weighted by Crippen LogP contribution is 2.32. The second-order valence-electron chi connectivity index (χ2n) is 7.26. The molecule has 0 spiro atoms. The summed E-state index contributed by atoms with van der Waals surface area (Å²) in [6.07, 6.45) is 3.78. The topological polar surface area (TPSA) is 50.6 Å². The molecule has 0 radical (unpaired) electrons. The molecule has 7 heteroatoms. The number of nitrogens with zero attached hydrogens (tertiary/aromatic N) is 4. The molecule has 0 N–H and O–H groups in total. The van der Waals surface area contributed by atoms with Crippen LogP contribution in [0.2, 0.25) is 0 Å². The Balaban J connectivity index is 1.46. The van der Waals surface area contributed by atoms with Crippen molar-refractivity contribution >= 4 is 5.91 Å². The maximum absolute atomic E-state index is 13.1. The van der Waals surface area contributed by atoms with Gasteiger partial charge in [-0.1, -0.05) is 0 Å². The highest BCUT2D eigenvalue weighted by atomic mass is 19.1. The minimum Gasteiger partial charge on any atom is -0.379 e. The normalized spacial score (nSPS) is 31.2. The lowest BCUT2D eigenvalue weighted by Gasteiger charge is -2.35. The van der Waals surface area contributed by atoms with Crippen molar-refractivity contribution in [1.29, 1.82) is 0 Å². The van der Waals surface area contributed by atoms with Gasteiger partial charge in [-0.25, -0.2) is 9.37 Å². The molecule has 1 saturated carbocycles. The number of ether oxygens (including phenoxy) is 1. The third kappa shape index (κ3) is 3.32. The van der Waals surface area contributed by atoms with Crippen molar-refractivity contribution in [3.05, 3.63) is 18.2 Å². The molecule has 0 unspecified atom stereocenters. The van der Waals surface area contributed by atoms with Crippen LogP contribution in [0.4, 0.5) is 4.39 Å². The highest BCUT2D eigenvalue weighted by molar-refractivity contribution is 5.79. The quantitative estimate of drug-likeness (QED) is 0.824. The van der Waals surface area contributed by atoms with E-state index in [1.54, 1.807) is 6.20 Å². The van der Waals surface area contributed by atoms with Gasteiger partial charge in [0.05, 0.1) is 19.8 Å². The molecule has 0 aromatic carbocycles. The van der Waals surface area contributed by atoms with Crippen LogP contribution >= 0.6 is 0 Å². The number of hydrogen-bond donors (Lipinski definition) is 0. The molecule has 1 aliphatic carbocycles. The van der Waals surface area contributed by atoms with Gasteiger partial charge < -0.3 is 14.2 Å². The Morgan fingerprint density at radius 1 is 1.29 bits per heavy atom. The van der Waals surface area contributed by atoms with Crippen LogP contribution in [0.25, 0.3) is 0 Å². The first-order chi connectivity index (χ1) is 11.7. The van der Waals surface area contributed by atoms with E-state index in [4.69, 9.17) is 4.74 Å². The van der Waals surface area contributed by atoms with E-state index in [0.29, 0.717) is 25.3 Å². The Labute approximate surface area is 141 Å². The summed E-state index contributed by atoms with van der Waals surface area (Å²) in [5.74, 6) is 1.27. The summed E-state index contributed by atoms with van der Waals surface area (Å²) in [4.78, 5) is 21.5. The molecular weight excluding hydrogens is 311 g/mol. The van der Waals surface area contributed by atoms with E-state index in [1.165, 1.54) is 0 Å². The maximum atomic E-state index is 13.1. The Bertz CT molecular complexity index is 581. The van der Waals surface area contributed by atoms with Crippen molar-refractivity contribution in [2.75, 3.05) is 39.4 Å². The van der Waals surface area contributed by atoms with Gasteiger partial charge in [-0.2, -0.15) is 0 Å². The van der Waals surface area contributed by atoms with Gasteiger partial charge in [0.15, 0.2) is 0 Å². The zero-order chi connectivity index (χ0) is 16.5. The van der Waals surface area contributed by atoms with Gasteiger partial charge in [0.1, 0.15) is 12.0 Å². The molecule has 1 saturated heterocycles. The van der Waals surface area contributed by atoms with Crippen molar-refractivity contribution in [2.45, 2.75) is 32.1 Å². The first-order valence-corrected chi connectivity index (χ1v) is 8.92. The van der Waals surface area contributed by atoms with E-state index in [9.17, 15) is 9.18 Å². The summed E-state index contributed by atoms with van der Waals surface area (Å²) in [5, 5.41) is 0. The molecule has 4 rings (SSSR count). The van der Waals surface area contributed by atoms with Crippen molar-refractivity contribution in [3.63, 3.8) is 0 Å². The Morgan fingerprint density at radius 2 is 2.08 bits per heavy atom. The van der Waals surface area contributed by atoms with Crippen molar-refractivity contribution in [1.82, 2.24) is 19.4 Å². The minimum absolute atomic E-state index is 0.104. The molecular formula is C17H25FN4O2. The number of imidazole rings is 1. The van der Waals surface area contributed by atoms with Gasteiger partial charge in [-0.05, 0) is 12.8 Å². The second-order valence-corrected chi connectivity index (χ2v) is 7.26. The van der Waals surface area contributed by atoms with Crippen LogP contribution in [0.1, 0.15) is 18.7 Å². The number of rotatable bonds is 3. The van der Waals surface area contributed by atoms with E-state index in [1.807, 2.05) is 11.1 Å². The Hall–Kier alpha value is -1.47. The summed E-state index contributed by atoms with van der Waals surface area (Å²) in [7, 11) is 0. The average molecular weight is 336 g/mol. The van der Waals surface area contributed by atoms with Crippen LogP contribution in [0, 0.1) is 11.8 Å². The summed E-state index contributed by atoms with van der Waals surface area (Å²) < 4.78 is 20.7. The Kier molecular flexibility index (Phi) is 4.54. The molecule has 3 heterocycles. The number of carbonyl (C=O) groups is 1. The maximum Gasteiger partial charge on any atom is 0.226 e. The van der Waals surface area contributed by atoms with Gasteiger partial charge >= 0.3 is 0 Å². The summed E-state index contributed by atoms with van der Waals surface area (Å²) in [5.41, 5.74) is 0. The van der Waals surface area contributed by atoms with E-state index in [2.05, 4.69) is 14.5 Å². The van der Waals surface area contributed by atoms with Crippen LogP contribution in [0.15, 0.2) is 12.4 Å². The lowest BCUT2D eigenvalue weighted by molar-refractivity contribution is -0.141. The lowest BCUT2D eigenvalue weighted by Crippen LogP contribution is -2.46. The van der Waals surface area contributed by atoms with Crippen molar-refractivity contribution in [2.24, 2.45) is 11.8 Å². The fourth-order valence-corrected chi connectivity index (χ4v) is 3.98. The smallest absolute Gasteiger partial charge is 0.226 e. The number of halogens is 1. The standard InChI is InChI=1S/C17H25FN4O2/c18-15-7-14(8-15)17(23)22-11-13(9-20-3-5-24-6-4-20)10-21-2-1-19-16(21)12-22/h1-2,13-15H,3-12H2/t13-,14?,15?/m0/s1. The van der Waals surface area contributed by atoms with Crippen molar-refractivity contribution in [3.8, 4) is 0 Å². The van der Waals surface area contributed by atoms with E-state index < -0.39 is 6.17 Å². The zero-order valence-electron chi connectivity index (χ0n) is 13.9. The monoisotopic (exact) mass is 336 g/mol. The van der Waals surface area contributed by atoms with Crippen molar-refractivity contribution < 1.29 is 13.9 Å². The highest BCUT2D eigenvalue weighted by Gasteiger charge is 2.38. The van der Waals surface area contributed by atoms with Gasteiger partial charge in [-0.15, -0.1) is 0 Å². The fraction of sp³-hybridized carbons (Fsp3) is 0.765. The van der Waals surface area contributed by atoms with Crippen LogP contribution in [-0.4, -0.2) is 70.8 Å². The molecule has 3 aliphatic rings. The van der Waals surface area contributed by atoms with Gasteiger partial charge in [0.25, 0.3) is 0 Å². The number of alkyl halides is 1. The Morgan fingerprint density at radius 3 is 2.83 bits per heavy atom. The third-order valence-corrected chi connectivity index (χ3v) is 5.43. The molecule has 1 atom stereocenters. The first-order valence-electron chi connectivity index (χ1n) is 8.92. The number of hydrogen-bond acceptors (Lipinski definition) is 4. The van der Waals surface area contributed by atoms with Gasteiger partial charge in [0.2, 0.25) is 5.91 Å². The second kappa shape index (κ2) is 6.80. The molecule has 6 nitrogen and oxygen atoms in total. The predicted molar refractivity (Wildman–Crippen MR) is 86.0 cm³/mol. The number of fused-ring (bicyclic) bond motifs is 1. The average Bonchev–Trinajstić information content (AvgIpc) is 2.91. The number of amides is 1. The number of aromatic nitrogens is 2. The minimum atomic E-state index is -0.794. The molecule has 1 aromatic rings. The summed E-state index contributed by atoms with van der Waals surface area (Å²) in [6.45, 7) is 6.58. The fourth-order valence-electron chi connectivity index (χ4n) is 3.98. The predicted octanol–water partition coefficient (Wildman–Crippen LogP) is 0.922. The molecule has 132 valence electrons. The molecule has 1 amide bonds. The third-order valence-electron chi connectivity index (χ3n) is 5.43. The molecule has 24 heavy (non-hydrogen) atoms. The van der Waals surface area contributed by atoms with Gasteiger partial charge in [-0.3, -0.25) is 9.69 Å². The largest absolute Gasteiger partial charge is 0.379 e. The molecule has 0 bridgehead atoms. The molecule has 1 aromatic heterocycles. The number of morpholine rings is 1.